The van der Waals surface area contributed by atoms with Crippen molar-refractivity contribution in [2.75, 3.05) is 30.4 Å². The van der Waals surface area contributed by atoms with Gasteiger partial charge in [-0.1, -0.05) is 6.07 Å². The maximum absolute atomic E-state index is 12.8. The molecule has 1 saturated heterocycles. The molecule has 0 aromatic heterocycles. The number of carbonyl (C=O) groups is 1. The lowest BCUT2D eigenvalue weighted by atomic mass is 10.1. The van der Waals surface area contributed by atoms with Crippen LogP contribution in [-0.2, 0) is 15.7 Å². The van der Waals surface area contributed by atoms with Crippen LogP contribution < -0.4 is 15.4 Å². The molecule has 0 radical (unpaired) electrons. The molecule has 3 rings (SSSR count). The average molecular weight is 453 g/mol. The van der Waals surface area contributed by atoms with Gasteiger partial charge >= 0.3 is 6.18 Å². The Labute approximate surface area is 181 Å². The average Bonchev–Trinajstić information content (AvgIpc) is 3.25. The van der Waals surface area contributed by atoms with Gasteiger partial charge in [0.2, 0.25) is 5.91 Å². The largest absolute Gasteiger partial charge is 0.491 e. The fourth-order valence-electron chi connectivity index (χ4n) is 3.17. The van der Waals surface area contributed by atoms with E-state index in [-0.39, 0.29) is 30.7 Å². The second-order valence-corrected chi connectivity index (χ2v) is 7.19. The molecular weight excluding hydrogens is 431 g/mol. The molecule has 1 heterocycles. The van der Waals surface area contributed by atoms with Crippen molar-refractivity contribution in [3.05, 3.63) is 58.1 Å². The quantitative estimate of drug-likeness (QED) is 0.425. The normalized spacial score (nSPS) is 15.9. The summed E-state index contributed by atoms with van der Waals surface area (Å²) in [6.07, 6.45) is -2.73. The van der Waals surface area contributed by atoms with Crippen LogP contribution in [0.5, 0.6) is 5.75 Å². The van der Waals surface area contributed by atoms with E-state index in [2.05, 4.69) is 10.6 Å². The highest BCUT2D eigenvalue weighted by atomic mass is 19.4. The Bertz CT molecular complexity index is 962. The zero-order valence-corrected chi connectivity index (χ0v) is 17.0. The molecule has 0 spiro atoms. The molecule has 2 aromatic rings. The second-order valence-electron chi connectivity index (χ2n) is 7.19. The van der Waals surface area contributed by atoms with Crippen molar-refractivity contribution in [3.63, 3.8) is 0 Å². The van der Waals surface area contributed by atoms with Gasteiger partial charge in [-0.25, -0.2) is 0 Å². The van der Waals surface area contributed by atoms with Crippen LogP contribution >= 0.6 is 0 Å². The molecule has 8 nitrogen and oxygen atoms in total. The van der Waals surface area contributed by atoms with E-state index in [9.17, 15) is 28.1 Å². The van der Waals surface area contributed by atoms with Crippen LogP contribution in [0.15, 0.2) is 42.5 Å². The summed E-state index contributed by atoms with van der Waals surface area (Å²) in [5, 5.41) is 16.4. The predicted octanol–water partition coefficient (Wildman–Crippen LogP) is 4.61. The van der Waals surface area contributed by atoms with Crippen molar-refractivity contribution >= 4 is 23.0 Å². The van der Waals surface area contributed by atoms with E-state index in [1.165, 1.54) is 0 Å². The van der Waals surface area contributed by atoms with Gasteiger partial charge < -0.3 is 20.1 Å². The van der Waals surface area contributed by atoms with E-state index in [1.807, 2.05) is 0 Å². The van der Waals surface area contributed by atoms with E-state index in [4.69, 9.17) is 9.47 Å². The topological polar surface area (TPSA) is 103 Å². The SMILES string of the molecule is O=C(CCNc1ccc(C(F)(F)F)cc1[N+](=O)[O-])Nc1cccc(OCC2CCCO2)c1. The van der Waals surface area contributed by atoms with E-state index in [0.29, 0.717) is 24.1 Å². The van der Waals surface area contributed by atoms with Gasteiger partial charge in [0.05, 0.1) is 16.6 Å². The standard InChI is InChI=1S/C21H22F3N3O5/c22-21(23,24)14-6-7-18(19(11-14)27(29)30)25-9-8-20(28)26-15-3-1-4-16(12-15)32-13-17-5-2-10-31-17/h1,3-4,6-7,11-12,17,25H,2,5,8-10,13H2,(H,26,28). The number of halogens is 3. The first kappa shape index (κ1) is 23.3. The first-order valence-electron chi connectivity index (χ1n) is 9.96. The molecule has 0 saturated carbocycles. The number of carbonyl (C=O) groups excluding carboxylic acids is 1. The summed E-state index contributed by atoms with van der Waals surface area (Å²) in [7, 11) is 0. The van der Waals surface area contributed by atoms with Gasteiger partial charge in [0.15, 0.2) is 0 Å². The number of nitro benzene ring substituents is 1. The van der Waals surface area contributed by atoms with Gasteiger partial charge in [0.1, 0.15) is 18.0 Å². The van der Waals surface area contributed by atoms with Crippen molar-refractivity contribution in [3.8, 4) is 5.75 Å². The monoisotopic (exact) mass is 453 g/mol. The lowest BCUT2D eigenvalue weighted by molar-refractivity contribution is -0.384. The van der Waals surface area contributed by atoms with Gasteiger partial charge in [-0.05, 0) is 37.1 Å². The summed E-state index contributed by atoms with van der Waals surface area (Å²) >= 11 is 0. The molecule has 2 N–H and O–H groups in total. The second kappa shape index (κ2) is 10.3. The van der Waals surface area contributed by atoms with Crippen molar-refractivity contribution in [1.82, 2.24) is 0 Å². The molecule has 1 fully saturated rings. The van der Waals surface area contributed by atoms with Crippen LogP contribution in [0.2, 0.25) is 0 Å². The molecule has 1 unspecified atom stereocenters. The van der Waals surface area contributed by atoms with Crippen molar-refractivity contribution in [1.29, 1.82) is 0 Å². The third-order valence-electron chi connectivity index (χ3n) is 4.77. The smallest absolute Gasteiger partial charge is 0.416 e. The highest BCUT2D eigenvalue weighted by molar-refractivity contribution is 5.91. The molecule has 1 amide bonds. The molecular formula is C21H22F3N3O5. The molecule has 2 aromatic carbocycles. The van der Waals surface area contributed by atoms with Crippen LogP contribution in [0, 0.1) is 10.1 Å². The van der Waals surface area contributed by atoms with E-state index in [1.54, 1.807) is 24.3 Å². The van der Waals surface area contributed by atoms with E-state index >= 15 is 0 Å². The van der Waals surface area contributed by atoms with Gasteiger partial charge in [-0.2, -0.15) is 13.2 Å². The summed E-state index contributed by atoms with van der Waals surface area (Å²) in [6, 6.07) is 9.03. The number of hydrogen-bond acceptors (Lipinski definition) is 6. The van der Waals surface area contributed by atoms with E-state index in [0.717, 1.165) is 31.6 Å². The van der Waals surface area contributed by atoms with Crippen LogP contribution in [0.3, 0.4) is 0 Å². The fraction of sp³-hybridized carbons (Fsp3) is 0.381. The highest BCUT2D eigenvalue weighted by Crippen LogP contribution is 2.35. The van der Waals surface area contributed by atoms with Crippen LogP contribution in [0.25, 0.3) is 0 Å². The fourth-order valence-corrected chi connectivity index (χ4v) is 3.17. The molecule has 0 aliphatic carbocycles. The minimum atomic E-state index is -4.69. The maximum Gasteiger partial charge on any atom is 0.416 e. The molecule has 11 heteroatoms. The number of benzene rings is 2. The lowest BCUT2D eigenvalue weighted by Gasteiger charge is -2.13. The van der Waals surface area contributed by atoms with Crippen LogP contribution in [0.1, 0.15) is 24.8 Å². The van der Waals surface area contributed by atoms with Gasteiger partial charge in [0, 0.05) is 37.4 Å². The third-order valence-corrected chi connectivity index (χ3v) is 4.77. The van der Waals surface area contributed by atoms with Gasteiger partial charge in [-0.3, -0.25) is 14.9 Å². The van der Waals surface area contributed by atoms with Crippen molar-refractivity contribution < 1.29 is 32.4 Å². The van der Waals surface area contributed by atoms with Gasteiger partial charge in [0.25, 0.3) is 5.69 Å². The minimum Gasteiger partial charge on any atom is -0.491 e. The van der Waals surface area contributed by atoms with Crippen molar-refractivity contribution in [2.45, 2.75) is 31.5 Å². The Morgan fingerprint density at radius 1 is 1.25 bits per heavy atom. The number of ether oxygens (including phenoxy) is 2. The third kappa shape index (κ3) is 6.58. The molecule has 1 aliphatic rings. The molecule has 0 bridgehead atoms. The Kier molecular flexibility index (Phi) is 7.52. The predicted molar refractivity (Wildman–Crippen MR) is 111 cm³/mol. The number of nitro groups is 1. The van der Waals surface area contributed by atoms with Crippen LogP contribution in [-0.4, -0.2) is 36.7 Å². The number of alkyl halides is 3. The Hall–Kier alpha value is -3.34. The molecule has 1 aliphatic heterocycles. The number of nitrogens with zero attached hydrogens (tertiary/aromatic N) is 1. The Balaban J connectivity index is 1.51. The lowest BCUT2D eigenvalue weighted by Crippen LogP contribution is -2.17. The van der Waals surface area contributed by atoms with E-state index < -0.39 is 22.4 Å². The Morgan fingerprint density at radius 2 is 2.06 bits per heavy atom. The zero-order chi connectivity index (χ0) is 23.1. The summed E-state index contributed by atoms with van der Waals surface area (Å²) < 4.78 is 49.5. The summed E-state index contributed by atoms with van der Waals surface area (Å²) in [4.78, 5) is 22.4. The molecule has 1 atom stereocenters. The number of hydrogen-bond donors (Lipinski definition) is 2. The number of amides is 1. The van der Waals surface area contributed by atoms with Crippen LogP contribution in [0.4, 0.5) is 30.2 Å². The number of rotatable bonds is 9. The van der Waals surface area contributed by atoms with Crippen molar-refractivity contribution in [2.24, 2.45) is 0 Å². The summed E-state index contributed by atoms with van der Waals surface area (Å²) in [6.45, 7) is 1.15. The number of nitrogens with one attached hydrogen (secondary N) is 2. The molecule has 172 valence electrons. The highest BCUT2D eigenvalue weighted by Gasteiger charge is 2.33. The minimum absolute atomic E-state index is 0.00670. The zero-order valence-electron chi connectivity index (χ0n) is 17.0. The number of anilines is 2. The first-order chi connectivity index (χ1) is 15.2. The maximum atomic E-state index is 12.8. The Morgan fingerprint density at radius 3 is 2.75 bits per heavy atom. The van der Waals surface area contributed by atoms with Gasteiger partial charge in [-0.15, -0.1) is 0 Å². The molecule has 32 heavy (non-hydrogen) atoms. The first-order valence-corrected chi connectivity index (χ1v) is 9.96. The summed E-state index contributed by atoms with van der Waals surface area (Å²) in [5.74, 6) is 0.208. The summed E-state index contributed by atoms with van der Waals surface area (Å²) in [5.41, 5.74) is -1.41.